The van der Waals surface area contributed by atoms with Gasteiger partial charge >= 0.3 is 5.97 Å². The third kappa shape index (κ3) is 2.63. The lowest BCUT2D eigenvalue weighted by Crippen LogP contribution is -2.56. The van der Waals surface area contributed by atoms with Crippen molar-refractivity contribution >= 4 is 34.6 Å². The summed E-state index contributed by atoms with van der Waals surface area (Å²) in [6.07, 6.45) is 0.859. The van der Waals surface area contributed by atoms with Crippen molar-refractivity contribution in [1.29, 1.82) is 0 Å². The second-order valence-electron chi connectivity index (χ2n) is 5.10. The van der Waals surface area contributed by atoms with E-state index in [2.05, 4.69) is 5.32 Å². The van der Waals surface area contributed by atoms with Crippen LogP contribution in [0, 0.1) is 0 Å². The van der Waals surface area contributed by atoms with E-state index in [1.165, 1.54) is 0 Å². The van der Waals surface area contributed by atoms with Crippen LogP contribution in [-0.4, -0.2) is 34.0 Å². The molecule has 0 saturated carbocycles. The molecule has 0 atom stereocenters. The molecule has 2 heterocycles. The maximum Gasteiger partial charge on any atom is 0.329 e. The molecule has 6 heteroatoms. The summed E-state index contributed by atoms with van der Waals surface area (Å²) in [5, 5.41) is 13.0. The van der Waals surface area contributed by atoms with Crippen LogP contribution in [0.5, 0.6) is 0 Å². The van der Waals surface area contributed by atoms with Crippen molar-refractivity contribution in [2.75, 3.05) is 11.5 Å². The molecule has 21 heavy (non-hydrogen) atoms. The van der Waals surface area contributed by atoms with Gasteiger partial charge in [0.25, 0.3) is 5.91 Å². The second-order valence-corrected chi connectivity index (χ2v) is 6.33. The number of furan rings is 1. The third-order valence-corrected chi connectivity index (χ3v) is 4.74. The van der Waals surface area contributed by atoms with E-state index in [1.54, 1.807) is 23.9 Å². The zero-order chi connectivity index (χ0) is 14.9. The molecule has 1 aromatic heterocycles. The minimum atomic E-state index is -1.18. The molecule has 0 spiro atoms. The Balaban J connectivity index is 1.85. The topological polar surface area (TPSA) is 79.5 Å². The summed E-state index contributed by atoms with van der Waals surface area (Å²) in [5.74, 6) is 0.155. The zero-order valence-corrected chi connectivity index (χ0v) is 12.1. The minimum Gasteiger partial charge on any atom is -0.480 e. The number of aliphatic carboxylic acids is 1. The average molecular weight is 305 g/mol. The lowest BCUT2D eigenvalue weighted by Gasteiger charge is -2.33. The molecule has 1 saturated heterocycles. The molecule has 0 aliphatic carbocycles. The summed E-state index contributed by atoms with van der Waals surface area (Å²) in [7, 11) is 0. The number of para-hydroxylation sites is 1. The van der Waals surface area contributed by atoms with E-state index in [-0.39, 0.29) is 5.76 Å². The van der Waals surface area contributed by atoms with Gasteiger partial charge in [0, 0.05) is 5.39 Å². The molecule has 0 bridgehead atoms. The molecular weight excluding hydrogens is 290 g/mol. The quantitative estimate of drug-likeness (QED) is 0.911. The number of amides is 1. The molecule has 110 valence electrons. The van der Waals surface area contributed by atoms with Gasteiger partial charge in [0.2, 0.25) is 0 Å². The molecule has 5 nitrogen and oxygen atoms in total. The Bertz CT molecular complexity index is 655. The van der Waals surface area contributed by atoms with Gasteiger partial charge in [0.05, 0.1) is 0 Å². The fourth-order valence-corrected chi connectivity index (χ4v) is 3.67. The third-order valence-electron chi connectivity index (χ3n) is 3.76. The first-order valence-electron chi connectivity index (χ1n) is 6.73. The number of rotatable bonds is 3. The molecule has 0 unspecified atom stereocenters. The van der Waals surface area contributed by atoms with Gasteiger partial charge in [-0.25, -0.2) is 4.79 Å². The van der Waals surface area contributed by atoms with Gasteiger partial charge in [-0.3, -0.25) is 4.79 Å². The van der Waals surface area contributed by atoms with Gasteiger partial charge < -0.3 is 14.8 Å². The molecule has 1 amide bonds. The molecule has 1 aliphatic rings. The van der Waals surface area contributed by atoms with Crippen LogP contribution >= 0.6 is 11.8 Å². The van der Waals surface area contributed by atoms with Crippen LogP contribution in [-0.2, 0) is 4.79 Å². The fourth-order valence-electron chi connectivity index (χ4n) is 2.48. The molecule has 2 aromatic rings. The lowest BCUT2D eigenvalue weighted by molar-refractivity contribution is -0.144. The van der Waals surface area contributed by atoms with Crippen molar-refractivity contribution in [3.8, 4) is 0 Å². The first-order valence-corrected chi connectivity index (χ1v) is 7.88. The number of nitrogens with one attached hydrogen (secondary N) is 1. The summed E-state index contributed by atoms with van der Waals surface area (Å²) in [5.41, 5.74) is -0.562. The van der Waals surface area contributed by atoms with Gasteiger partial charge in [-0.05, 0) is 36.5 Å². The highest BCUT2D eigenvalue weighted by Crippen LogP contribution is 2.28. The van der Waals surface area contributed by atoms with Crippen molar-refractivity contribution in [3.63, 3.8) is 0 Å². The van der Waals surface area contributed by atoms with Crippen LogP contribution in [0.15, 0.2) is 34.7 Å². The van der Waals surface area contributed by atoms with Crippen LogP contribution in [0.2, 0.25) is 0 Å². The van der Waals surface area contributed by atoms with E-state index in [9.17, 15) is 14.7 Å². The van der Waals surface area contributed by atoms with Crippen LogP contribution in [0.3, 0.4) is 0 Å². The number of fused-ring (bicyclic) bond motifs is 1. The number of carbonyl (C=O) groups excluding carboxylic acids is 1. The fraction of sp³-hybridized carbons (Fsp3) is 0.333. The highest BCUT2D eigenvalue weighted by molar-refractivity contribution is 7.99. The SMILES string of the molecule is O=C(NC1(C(=O)O)CCSCC1)c1cc2ccccc2o1. The van der Waals surface area contributed by atoms with E-state index in [4.69, 9.17) is 4.42 Å². The van der Waals surface area contributed by atoms with Gasteiger partial charge in [-0.15, -0.1) is 0 Å². The predicted octanol–water partition coefficient (Wildman–Crippen LogP) is 2.51. The van der Waals surface area contributed by atoms with E-state index in [1.807, 2.05) is 18.2 Å². The van der Waals surface area contributed by atoms with E-state index in [0.29, 0.717) is 18.4 Å². The second kappa shape index (κ2) is 5.44. The maximum atomic E-state index is 12.3. The van der Waals surface area contributed by atoms with E-state index >= 15 is 0 Å². The van der Waals surface area contributed by atoms with Crippen molar-refractivity contribution in [2.45, 2.75) is 18.4 Å². The first kappa shape index (κ1) is 14.0. The lowest BCUT2D eigenvalue weighted by atomic mass is 9.92. The summed E-state index contributed by atoms with van der Waals surface area (Å²) >= 11 is 1.70. The Labute approximate surface area is 125 Å². The van der Waals surface area contributed by atoms with Crippen molar-refractivity contribution in [3.05, 3.63) is 36.1 Å². The van der Waals surface area contributed by atoms with Crippen LogP contribution in [0.1, 0.15) is 23.4 Å². The average Bonchev–Trinajstić information content (AvgIpc) is 2.92. The van der Waals surface area contributed by atoms with Crippen molar-refractivity contribution in [1.82, 2.24) is 5.32 Å². The van der Waals surface area contributed by atoms with Gasteiger partial charge in [-0.1, -0.05) is 18.2 Å². The molecular formula is C15H15NO4S. The minimum absolute atomic E-state index is 0.148. The monoisotopic (exact) mass is 305 g/mol. The molecule has 1 fully saturated rings. The number of carbonyl (C=O) groups is 2. The Morgan fingerprint density at radius 3 is 2.62 bits per heavy atom. The van der Waals surface area contributed by atoms with E-state index in [0.717, 1.165) is 16.9 Å². The predicted molar refractivity (Wildman–Crippen MR) is 80.6 cm³/mol. The van der Waals surface area contributed by atoms with Crippen molar-refractivity contribution < 1.29 is 19.1 Å². The number of carboxylic acid groups (broad SMARTS) is 1. The molecule has 2 N–H and O–H groups in total. The number of hydrogen-bond acceptors (Lipinski definition) is 4. The highest BCUT2D eigenvalue weighted by atomic mass is 32.2. The number of benzene rings is 1. The number of hydrogen-bond donors (Lipinski definition) is 2. The Morgan fingerprint density at radius 1 is 1.24 bits per heavy atom. The summed E-state index contributed by atoms with van der Waals surface area (Å²) in [4.78, 5) is 23.9. The van der Waals surface area contributed by atoms with Crippen LogP contribution in [0.25, 0.3) is 11.0 Å². The number of thioether (sulfide) groups is 1. The Hall–Kier alpha value is -1.95. The maximum absolute atomic E-state index is 12.3. The summed E-state index contributed by atoms with van der Waals surface area (Å²) in [6, 6.07) is 8.94. The summed E-state index contributed by atoms with van der Waals surface area (Å²) in [6.45, 7) is 0. The smallest absolute Gasteiger partial charge is 0.329 e. The molecule has 1 aromatic carbocycles. The zero-order valence-electron chi connectivity index (χ0n) is 11.3. The molecule has 0 radical (unpaired) electrons. The van der Waals surface area contributed by atoms with Crippen LogP contribution < -0.4 is 5.32 Å². The van der Waals surface area contributed by atoms with Gasteiger partial charge in [0.15, 0.2) is 5.76 Å². The molecule has 3 rings (SSSR count). The Kier molecular flexibility index (Phi) is 3.63. The van der Waals surface area contributed by atoms with E-state index < -0.39 is 17.4 Å². The van der Waals surface area contributed by atoms with Crippen LogP contribution in [0.4, 0.5) is 0 Å². The van der Waals surface area contributed by atoms with Gasteiger partial charge in [-0.2, -0.15) is 11.8 Å². The van der Waals surface area contributed by atoms with Gasteiger partial charge in [0.1, 0.15) is 11.1 Å². The molecule has 1 aliphatic heterocycles. The Morgan fingerprint density at radius 2 is 1.95 bits per heavy atom. The first-order chi connectivity index (χ1) is 10.1. The van der Waals surface area contributed by atoms with Crippen molar-refractivity contribution in [2.24, 2.45) is 0 Å². The largest absolute Gasteiger partial charge is 0.480 e. The standard InChI is InChI=1S/C15H15NO4S/c17-13(12-9-10-3-1-2-4-11(10)20-12)16-15(14(18)19)5-7-21-8-6-15/h1-4,9H,5-8H2,(H,16,17)(H,18,19). The summed E-state index contributed by atoms with van der Waals surface area (Å²) < 4.78 is 5.49. The number of carboxylic acids is 1. The normalized spacial score (nSPS) is 17.5. The highest BCUT2D eigenvalue weighted by Gasteiger charge is 2.41.